The van der Waals surface area contributed by atoms with Crippen LogP contribution < -0.4 is 0 Å². The smallest absolute Gasteiger partial charge is 0.0123 e. The molecular weight excluding hydrogens is 261 g/mol. The van der Waals surface area contributed by atoms with Crippen molar-refractivity contribution in [3.05, 3.63) is 0 Å². The van der Waals surface area contributed by atoms with Gasteiger partial charge in [-0.2, -0.15) is 0 Å². The maximum Gasteiger partial charge on any atom is 0.0123 e. The van der Waals surface area contributed by atoms with E-state index >= 15 is 0 Å². The van der Waals surface area contributed by atoms with Gasteiger partial charge in [-0.1, -0.05) is 42.4 Å². The summed E-state index contributed by atoms with van der Waals surface area (Å²) >= 11 is 2.46. The summed E-state index contributed by atoms with van der Waals surface area (Å²) in [6.45, 7) is 3.65. The average Bonchev–Trinajstić information content (AvgIpc) is 2.05. The molecule has 2 atom stereocenters. The maximum atomic E-state index is 2.54. The molecule has 1 aliphatic rings. The minimum atomic E-state index is 0.878. The Balaban J connectivity index is 2.29. The lowest BCUT2D eigenvalue weighted by Crippen LogP contribution is -2.36. The van der Waals surface area contributed by atoms with Crippen molar-refractivity contribution >= 4 is 22.6 Å². The van der Waals surface area contributed by atoms with Gasteiger partial charge < -0.3 is 4.90 Å². The van der Waals surface area contributed by atoms with Crippen LogP contribution in [0.3, 0.4) is 0 Å². The lowest BCUT2D eigenvalue weighted by molar-refractivity contribution is 0.173. The Hall–Kier alpha value is 0.690. The second-order valence-corrected chi connectivity index (χ2v) is 5.17. The van der Waals surface area contributed by atoms with Crippen LogP contribution in [0.15, 0.2) is 0 Å². The van der Waals surface area contributed by atoms with Crippen LogP contribution in [-0.4, -0.2) is 29.0 Å². The number of hydrogen-bond acceptors (Lipinski definition) is 1. The second kappa shape index (κ2) is 5.43. The molecule has 1 fully saturated rings. The summed E-state index contributed by atoms with van der Waals surface area (Å²) < 4.78 is 1.26. The molecule has 1 rings (SSSR count). The fourth-order valence-corrected chi connectivity index (χ4v) is 2.88. The summed E-state index contributed by atoms with van der Waals surface area (Å²) in [5.41, 5.74) is 0. The average molecular weight is 281 g/mol. The molecule has 0 saturated heterocycles. The summed E-state index contributed by atoms with van der Waals surface area (Å²) in [6.07, 6.45) is 5.75. The Kier molecular flexibility index (Phi) is 4.87. The molecule has 0 aromatic rings. The maximum absolute atomic E-state index is 2.54. The SMILES string of the molecule is CC1CCCC(N(C)CCI)C1. The summed E-state index contributed by atoms with van der Waals surface area (Å²) in [7, 11) is 2.28. The van der Waals surface area contributed by atoms with Crippen LogP contribution >= 0.6 is 22.6 Å². The van der Waals surface area contributed by atoms with E-state index in [-0.39, 0.29) is 0 Å². The van der Waals surface area contributed by atoms with Gasteiger partial charge in [0.05, 0.1) is 0 Å². The van der Waals surface area contributed by atoms with Gasteiger partial charge in [0.15, 0.2) is 0 Å². The highest BCUT2D eigenvalue weighted by atomic mass is 127. The van der Waals surface area contributed by atoms with Crippen LogP contribution in [0.1, 0.15) is 32.6 Å². The lowest BCUT2D eigenvalue weighted by atomic mass is 9.86. The molecular formula is C10H20IN. The predicted octanol–water partition coefficient (Wildman–Crippen LogP) is 2.93. The quantitative estimate of drug-likeness (QED) is 0.568. The van der Waals surface area contributed by atoms with E-state index in [9.17, 15) is 0 Å². The predicted molar refractivity (Wildman–Crippen MR) is 62.9 cm³/mol. The fourth-order valence-electron chi connectivity index (χ4n) is 2.12. The van der Waals surface area contributed by atoms with Gasteiger partial charge in [-0.15, -0.1) is 0 Å². The molecule has 0 aromatic heterocycles. The van der Waals surface area contributed by atoms with Crippen LogP contribution in [0.5, 0.6) is 0 Å². The molecule has 2 unspecified atom stereocenters. The van der Waals surface area contributed by atoms with E-state index in [1.165, 1.54) is 36.7 Å². The lowest BCUT2D eigenvalue weighted by Gasteiger charge is -2.33. The molecule has 0 amide bonds. The number of hydrogen-bond donors (Lipinski definition) is 0. The highest BCUT2D eigenvalue weighted by molar-refractivity contribution is 14.1. The minimum absolute atomic E-state index is 0.878. The van der Waals surface area contributed by atoms with Gasteiger partial charge in [-0.3, -0.25) is 0 Å². The number of rotatable bonds is 3. The first-order valence-electron chi connectivity index (χ1n) is 5.00. The van der Waals surface area contributed by atoms with E-state index in [1.54, 1.807) is 0 Å². The summed E-state index contributed by atoms with van der Waals surface area (Å²) in [5, 5.41) is 0. The third-order valence-corrected chi connectivity index (χ3v) is 3.45. The topological polar surface area (TPSA) is 3.24 Å². The van der Waals surface area contributed by atoms with Gasteiger partial charge in [0.25, 0.3) is 0 Å². The second-order valence-electron chi connectivity index (χ2n) is 4.10. The zero-order chi connectivity index (χ0) is 8.97. The molecule has 1 saturated carbocycles. The van der Waals surface area contributed by atoms with Crippen LogP contribution in [0.25, 0.3) is 0 Å². The molecule has 0 heterocycles. The van der Waals surface area contributed by atoms with Crippen LogP contribution in [0.2, 0.25) is 0 Å². The van der Waals surface area contributed by atoms with Gasteiger partial charge in [0.2, 0.25) is 0 Å². The van der Waals surface area contributed by atoms with E-state index in [2.05, 4.69) is 41.5 Å². The van der Waals surface area contributed by atoms with Crippen molar-refractivity contribution in [1.82, 2.24) is 4.90 Å². The minimum Gasteiger partial charge on any atom is -0.303 e. The molecule has 1 aliphatic carbocycles. The fraction of sp³-hybridized carbons (Fsp3) is 1.00. The number of nitrogens with zero attached hydrogens (tertiary/aromatic N) is 1. The molecule has 1 nitrogen and oxygen atoms in total. The third-order valence-electron chi connectivity index (χ3n) is 2.97. The molecule has 12 heavy (non-hydrogen) atoms. The molecule has 0 N–H and O–H groups in total. The summed E-state index contributed by atoms with van der Waals surface area (Å²) in [4.78, 5) is 2.54. The number of halogens is 1. The van der Waals surface area contributed by atoms with Crippen molar-refractivity contribution in [3.8, 4) is 0 Å². The van der Waals surface area contributed by atoms with Crippen LogP contribution in [0, 0.1) is 5.92 Å². The molecule has 0 radical (unpaired) electrons. The third kappa shape index (κ3) is 3.21. The largest absolute Gasteiger partial charge is 0.303 e. The Labute approximate surface area is 90.0 Å². The zero-order valence-corrected chi connectivity index (χ0v) is 10.4. The number of alkyl halides is 1. The Bertz CT molecular complexity index is 127. The van der Waals surface area contributed by atoms with Gasteiger partial charge in [0.1, 0.15) is 0 Å². The Morgan fingerprint density at radius 2 is 2.17 bits per heavy atom. The van der Waals surface area contributed by atoms with Crippen LogP contribution in [0.4, 0.5) is 0 Å². The van der Waals surface area contributed by atoms with Crippen molar-refractivity contribution in [3.63, 3.8) is 0 Å². The van der Waals surface area contributed by atoms with E-state index in [1.807, 2.05) is 0 Å². The zero-order valence-electron chi connectivity index (χ0n) is 8.22. The Morgan fingerprint density at radius 1 is 1.42 bits per heavy atom. The van der Waals surface area contributed by atoms with Gasteiger partial charge in [-0.05, 0) is 25.8 Å². The monoisotopic (exact) mass is 281 g/mol. The van der Waals surface area contributed by atoms with Crippen molar-refractivity contribution < 1.29 is 0 Å². The van der Waals surface area contributed by atoms with E-state index in [4.69, 9.17) is 0 Å². The van der Waals surface area contributed by atoms with Crippen molar-refractivity contribution in [2.45, 2.75) is 38.6 Å². The normalized spacial score (nSPS) is 31.0. The van der Waals surface area contributed by atoms with E-state index in [0.29, 0.717) is 0 Å². The molecule has 0 aromatic carbocycles. The van der Waals surface area contributed by atoms with E-state index in [0.717, 1.165) is 12.0 Å². The van der Waals surface area contributed by atoms with Crippen LogP contribution in [-0.2, 0) is 0 Å². The molecule has 72 valence electrons. The Morgan fingerprint density at radius 3 is 2.75 bits per heavy atom. The standard InChI is InChI=1S/C10H20IN/c1-9-4-3-5-10(8-9)12(2)7-6-11/h9-10H,3-8H2,1-2H3. The highest BCUT2D eigenvalue weighted by Crippen LogP contribution is 2.26. The van der Waals surface area contributed by atoms with E-state index < -0.39 is 0 Å². The summed E-state index contributed by atoms with van der Waals surface area (Å²) in [5.74, 6) is 0.959. The van der Waals surface area contributed by atoms with Crippen molar-refractivity contribution in [2.24, 2.45) is 5.92 Å². The van der Waals surface area contributed by atoms with Gasteiger partial charge in [0, 0.05) is 17.0 Å². The first kappa shape index (κ1) is 10.8. The molecule has 0 bridgehead atoms. The van der Waals surface area contributed by atoms with Crippen molar-refractivity contribution in [1.29, 1.82) is 0 Å². The first-order valence-corrected chi connectivity index (χ1v) is 6.52. The highest BCUT2D eigenvalue weighted by Gasteiger charge is 2.21. The molecule has 2 heteroatoms. The molecule has 0 aliphatic heterocycles. The first-order chi connectivity index (χ1) is 5.74. The van der Waals surface area contributed by atoms with Crippen molar-refractivity contribution in [2.75, 3.05) is 18.0 Å². The van der Waals surface area contributed by atoms with Gasteiger partial charge >= 0.3 is 0 Å². The molecule has 0 spiro atoms. The summed E-state index contributed by atoms with van der Waals surface area (Å²) in [6, 6.07) is 0.878. The van der Waals surface area contributed by atoms with Gasteiger partial charge in [-0.25, -0.2) is 0 Å².